The van der Waals surface area contributed by atoms with Crippen molar-refractivity contribution in [3.63, 3.8) is 0 Å². The summed E-state index contributed by atoms with van der Waals surface area (Å²) in [6.07, 6.45) is 0. The van der Waals surface area contributed by atoms with Crippen LogP contribution < -0.4 is 5.73 Å². The molecule has 0 amide bonds. The molecule has 2 heteroatoms. The predicted molar refractivity (Wildman–Crippen MR) is 35.7 cm³/mol. The van der Waals surface area contributed by atoms with Gasteiger partial charge in [-0.2, -0.15) is 0 Å². The molecule has 0 heterocycles. The summed E-state index contributed by atoms with van der Waals surface area (Å²) >= 11 is 0. The second kappa shape index (κ2) is 4.41. The number of hydrogen-bond donors (Lipinski definition) is 1. The average molecular weight is 125 g/mol. The van der Waals surface area contributed by atoms with Gasteiger partial charge in [-0.15, -0.1) is 12.4 Å². The fourth-order valence-electron chi connectivity index (χ4n) is 0. The molecular weight excluding hydrogens is 110 g/mol. The van der Waals surface area contributed by atoms with E-state index in [4.69, 9.17) is 7.10 Å². The second-order valence-electron chi connectivity index (χ2n) is 1.90. The zero-order valence-corrected chi connectivity index (χ0v) is 5.88. The summed E-state index contributed by atoms with van der Waals surface area (Å²) in [6, 6.07) is -0.750. The van der Waals surface area contributed by atoms with Gasteiger partial charge >= 0.3 is 0 Å². The molecule has 0 rings (SSSR count). The number of hydrogen-bond acceptors (Lipinski definition) is 1. The zero-order chi connectivity index (χ0) is 6.08. The van der Waals surface area contributed by atoms with Gasteiger partial charge in [0.25, 0.3) is 0 Å². The molecule has 0 bridgehead atoms. The lowest BCUT2D eigenvalue weighted by atomic mass is 10.1. The number of nitrogens with two attached hydrogens (primary N) is 1. The molecule has 0 spiro atoms. The Bertz CT molecular complexity index is 57.9. The highest BCUT2D eigenvalue weighted by molar-refractivity contribution is 5.85. The first-order chi connectivity index (χ1) is 2.94. The lowest BCUT2D eigenvalue weighted by Crippen LogP contribution is -2.21. The molecule has 0 fully saturated rings. The van der Waals surface area contributed by atoms with Gasteiger partial charge in [-0.25, -0.2) is 0 Å². The number of rotatable bonds is 1. The van der Waals surface area contributed by atoms with Crippen molar-refractivity contribution in [2.75, 3.05) is 0 Å². The first-order valence-corrected chi connectivity index (χ1v) is 2.23. The standard InChI is InChI=1S/C5H13N.ClH/c1-4(2)5(3)6;/h4-5H,6H2,1-3H3;1H/i5D;. The Morgan fingerprint density at radius 2 is 1.57 bits per heavy atom. The average Bonchev–Trinajstić information content (AvgIpc) is 1.31. The largest absolute Gasteiger partial charge is 0.328 e. The van der Waals surface area contributed by atoms with Gasteiger partial charge in [0.15, 0.2) is 0 Å². The molecule has 0 saturated carbocycles. The Morgan fingerprint density at radius 1 is 1.43 bits per heavy atom. The van der Waals surface area contributed by atoms with Gasteiger partial charge in [0.2, 0.25) is 0 Å². The van der Waals surface area contributed by atoms with E-state index in [-0.39, 0.29) is 18.3 Å². The van der Waals surface area contributed by atoms with E-state index in [1.165, 1.54) is 0 Å². The SMILES string of the molecule is Cl.[2H]C(C)(N)C(C)C. The van der Waals surface area contributed by atoms with Crippen LogP contribution in [0, 0.1) is 5.92 Å². The third kappa shape index (κ3) is 6.25. The van der Waals surface area contributed by atoms with Gasteiger partial charge in [-0.3, -0.25) is 0 Å². The van der Waals surface area contributed by atoms with Crippen LogP contribution in [0.5, 0.6) is 0 Å². The minimum Gasteiger partial charge on any atom is -0.328 e. The molecule has 0 aromatic heterocycles. The van der Waals surface area contributed by atoms with Gasteiger partial charge in [0.05, 0.1) is 0 Å². The molecule has 2 N–H and O–H groups in total. The Kier molecular flexibility index (Phi) is 4.57. The predicted octanol–water partition coefficient (Wildman–Crippen LogP) is 1.41. The lowest BCUT2D eigenvalue weighted by Gasteiger charge is -2.05. The monoisotopic (exact) mass is 124 g/mol. The summed E-state index contributed by atoms with van der Waals surface area (Å²) in [7, 11) is 0. The van der Waals surface area contributed by atoms with Crippen LogP contribution in [0.1, 0.15) is 22.1 Å². The summed E-state index contributed by atoms with van der Waals surface area (Å²) in [5.41, 5.74) is 5.34. The molecule has 0 aliphatic heterocycles. The summed E-state index contributed by atoms with van der Waals surface area (Å²) < 4.78 is 7.16. The molecule has 0 aliphatic carbocycles. The smallest absolute Gasteiger partial charge is 0.0462 e. The van der Waals surface area contributed by atoms with Crippen molar-refractivity contribution in [1.82, 2.24) is 0 Å². The Hall–Kier alpha value is 0.250. The van der Waals surface area contributed by atoms with Crippen LogP contribution in [0.2, 0.25) is 0 Å². The normalized spacial score (nSPS) is 19.9. The van der Waals surface area contributed by atoms with Crippen molar-refractivity contribution in [3.05, 3.63) is 0 Å². The van der Waals surface area contributed by atoms with Crippen molar-refractivity contribution in [2.45, 2.75) is 26.8 Å². The van der Waals surface area contributed by atoms with E-state index < -0.39 is 6.02 Å². The quantitative estimate of drug-likeness (QED) is 0.562. The van der Waals surface area contributed by atoms with E-state index in [9.17, 15) is 0 Å². The molecule has 0 aromatic rings. The van der Waals surface area contributed by atoms with Gasteiger partial charge < -0.3 is 5.73 Å². The molecular formula is C5H14ClN. The maximum absolute atomic E-state index is 7.16. The van der Waals surface area contributed by atoms with Crippen molar-refractivity contribution in [3.8, 4) is 0 Å². The minimum atomic E-state index is -0.750. The van der Waals surface area contributed by atoms with E-state index in [1.807, 2.05) is 13.8 Å². The molecule has 7 heavy (non-hydrogen) atoms. The van der Waals surface area contributed by atoms with E-state index in [0.29, 0.717) is 0 Å². The van der Waals surface area contributed by atoms with Crippen LogP contribution in [-0.2, 0) is 0 Å². The van der Waals surface area contributed by atoms with Gasteiger partial charge in [0.1, 0.15) is 0 Å². The summed E-state index contributed by atoms with van der Waals surface area (Å²) in [4.78, 5) is 0. The third-order valence-electron chi connectivity index (χ3n) is 0.911. The van der Waals surface area contributed by atoms with Gasteiger partial charge in [0, 0.05) is 7.39 Å². The topological polar surface area (TPSA) is 26.0 Å². The fourth-order valence-corrected chi connectivity index (χ4v) is 0. The molecule has 1 unspecified atom stereocenters. The second-order valence-corrected chi connectivity index (χ2v) is 1.90. The molecule has 0 radical (unpaired) electrons. The molecule has 1 nitrogen and oxygen atoms in total. The maximum atomic E-state index is 7.16. The molecule has 46 valence electrons. The van der Waals surface area contributed by atoms with Crippen molar-refractivity contribution in [1.29, 1.82) is 0 Å². The number of halogens is 1. The Morgan fingerprint density at radius 3 is 1.57 bits per heavy atom. The highest BCUT2D eigenvalue weighted by Crippen LogP contribution is 1.93. The van der Waals surface area contributed by atoms with Crippen LogP contribution in [0.15, 0.2) is 0 Å². The van der Waals surface area contributed by atoms with Gasteiger partial charge in [-0.1, -0.05) is 13.8 Å². The maximum Gasteiger partial charge on any atom is 0.0462 e. The summed E-state index contributed by atoms with van der Waals surface area (Å²) in [5, 5.41) is 0. The fraction of sp³-hybridized carbons (Fsp3) is 1.00. The Balaban J connectivity index is 0. The first-order valence-electron chi connectivity index (χ1n) is 2.73. The minimum absolute atomic E-state index is 0. The van der Waals surface area contributed by atoms with Crippen molar-refractivity contribution in [2.24, 2.45) is 11.7 Å². The van der Waals surface area contributed by atoms with E-state index in [0.717, 1.165) is 0 Å². The van der Waals surface area contributed by atoms with Crippen LogP contribution in [0.25, 0.3) is 0 Å². The van der Waals surface area contributed by atoms with E-state index >= 15 is 0 Å². The molecule has 0 saturated heterocycles. The van der Waals surface area contributed by atoms with E-state index in [2.05, 4.69) is 0 Å². The third-order valence-corrected chi connectivity index (χ3v) is 0.911. The van der Waals surface area contributed by atoms with Crippen molar-refractivity contribution >= 4 is 12.4 Å². The van der Waals surface area contributed by atoms with Crippen LogP contribution in [0.3, 0.4) is 0 Å². The Labute approximate surface area is 53.1 Å². The van der Waals surface area contributed by atoms with Gasteiger partial charge in [-0.05, 0) is 12.8 Å². The van der Waals surface area contributed by atoms with Crippen LogP contribution in [0.4, 0.5) is 0 Å². The highest BCUT2D eigenvalue weighted by atomic mass is 35.5. The van der Waals surface area contributed by atoms with E-state index in [1.54, 1.807) is 6.92 Å². The summed E-state index contributed by atoms with van der Waals surface area (Å²) in [5.74, 6) is 0.243. The van der Waals surface area contributed by atoms with Crippen LogP contribution >= 0.6 is 12.4 Å². The molecule has 1 atom stereocenters. The van der Waals surface area contributed by atoms with Crippen molar-refractivity contribution < 1.29 is 1.37 Å². The van der Waals surface area contributed by atoms with Crippen LogP contribution in [-0.4, -0.2) is 6.02 Å². The lowest BCUT2D eigenvalue weighted by molar-refractivity contribution is 0.529. The summed E-state index contributed by atoms with van der Waals surface area (Å²) in [6.45, 7) is 5.58. The zero-order valence-electron chi connectivity index (χ0n) is 6.06. The molecule has 0 aliphatic rings. The first kappa shape index (κ1) is 7.25. The highest BCUT2D eigenvalue weighted by Gasteiger charge is 1.95. The molecule has 0 aromatic carbocycles.